The van der Waals surface area contributed by atoms with Crippen LogP contribution in [0.15, 0.2) is 11.2 Å². The molecule has 1 rings (SSSR count). The fourth-order valence-electron chi connectivity index (χ4n) is 1.74. The molecule has 0 bridgehead atoms. The van der Waals surface area contributed by atoms with E-state index in [0.717, 1.165) is 6.21 Å². The minimum absolute atomic E-state index is 0.109. The van der Waals surface area contributed by atoms with Gasteiger partial charge < -0.3 is 20.0 Å². The van der Waals surface area contributed by atoms with Gasteiger partial charge in [-0.2, -0.15) is 0 Å². The van der Waals surface area contributed by atoms with E-state index in [9.17, 15) is 14.5 Å². The first-order valence-electron chi connectivity index (χ1n) is 6.66. The molecule has 0 aromatic carbocycles. The van der Waals surface area contributed by atoms with Gasteiger partial charge in [-0.25, -0.2) is 9.36 Å². The van der Waals surface area contributed by atoms with Gasteiger partial charge in [0.05, 0.1) is 12.3 Å². The number of hydrogen-bond donors (Lipinski definition) is 4. The molecule has 0 radical (unpaired) electrons. The van der Waals surface area contributed by atoms with Gasteiger partial charge in [0.15, 0.2) is 0 Å². The lowest BCUT2D eigenvalue weighted by Gasteiger charge is -2.13. The third-order valence-electron chi connectivity index (χ3n) is 2.99. The lowest BCUT2D eigenvalue weighted by molar-refractivity contribution is -0.139. The number of phosphoric ester groups is 1. The second kappa shape index (κ2) is 7.65. The Hall–Kier alpha value is -1.80. The lowest BCUT2D eigenvalue weighted by Crippen LogP contribution is -2.24. The van der Waals surface area contributed by atoms with Gasteiger partial charge in [0.2, 0.25) is 0 Å². The van der Waals surface area contributed by atoms with Crippen LogP contribution < -0.4 is 0 Å². The summed E-state index contributed by atoms with van der Waals surface area (Å²) in [6.07, 6.45) is 2.43. The maximum absolute atomic E-state index is 11.1. The molecule has 1 heterocycles. The minimum Gasteiger partial charge on any atom is -0.505 e. The van der Waals surface area contributed by atoms with E-state index in [0.29, 0.717) is 0 Å². The van der Waals surface area contributed by atoms with E-state index in [2.05, 4.69) is 14.5 Å². The first kappa shape index (κ1) is 19.2. The van der Waals surface area contributed by atoms with Gasteiger partial charge in [0.1, 0.15) is 11.8 Å². The summed E-state index contributed by atoms with van der Waals surface area (Å²) in [5.41, 5.74) is 0.550. The van der Waals surface area contributed by atoms with Crippen LogP contribution in [0, 0.1) is 12.8 Å². The highest BCUT2D eigenvalue weighted by atomic mass is 31.2. The second-order valence-corrected chi connectivity index (χ2v) is 6.44. The van der Waals surface area contributed by atoms with Gasteiger partial charge in [0.25, 0.3) is 0 Å². The number of hydrogen-bond acceptors (Lipinski definition) is 6. The SMILES string of the molecule is Cc1ncc(COP(=O)(O)O)c(C=N[C@H](C(=O)O)C(C)C)c1O. The Bertz CT molecular complexity index is 654. The molecule has 0 saturated carbocycles. The molecule has 10 heteroatoms. The lowest BCUT2D eigenvalue weighted by atomic mass is 10.0. The van der Waals surface area contributed by atoms with Crippen molar-refractivity contribution >= 4 is 20.0 Å². The normalized spacial score (nSPS) is 13.7. The van der Waals surface area contributed by atoms with Crippen LogP contribution in [0.1, 0.15) is 30.7 Å². The molecule has 0 fully saturated rings. The first-order chi connectivity index (χ1) is 10.5. The molecule has 4 N–H and O–H groups in total. The highest BCUT2D eigenvalue weighted by Crippen LogP contribution is 2.37. The molecular weight excluding hydrogens is 327 g/mol. The zero-order valence-electron chi connectivity index (χ0n) is 12.9. The van der Waals surface area contributed by atoms with Crippen molar-refractivity contribution < 1.29 is 33.9 Å². The molecule has 23 heavy (non-hydrogen) atoms. The number of carboxylic acids is 1. The number of carboxylic acid groups (broad SMARTS) is 1. The molecule has 0 amide bonds. The number of aromatic hydroxyl groups is 1. The topological polar surface area (TPSA) is 150 Å². The Balaban J connectivity index is 3.19. The summed E-state index contributed by atoms with van der Waals surface area (Å²) in [7, 11) is -4.70. The number of carbonyl (C=O) groups is 1. The number of aliphatic imine (C=N–C) groups is 1. The van der Waals surface area contributed by atoms with E-state index in [4.69, 9.17) is 14.9 Å². The van der Waals surface area contributed by atoms with Crippen molar-refractivity contribution in [2.75, 3.05) is 0 Å². The van der Waals surface area contributed by atoms with Crippen molar-refractivity contribution in [1.82, 2.24) is 4.98 Å². The van der Waals surface area contributed by atoms with Gasteiger partial charge >= 0.3 is 13.8 Å². The molecule has 1 aromatic rings. The first-order valence-corrected chi connectivity index (χ1v) is 8.19. The fraction of sp³-hybridized carbons (Fsp3) is 0.462. The van der Waals surface area contributed by atoms with Gasteiger partial charge in [-0.3, -0.25) is 14.5 Å². The maximum Gasteiger partial charge on any atom is 0.469 e. The molecule has 0 saturated heterocycles. The van der Waals surface area contributed by atoms with Crippen LogP contribution in [0.2, 0.25) is 0 Å². The molecule has 9 nitrogen and oxygen atoms in total. The predicted molar refractivity (Wildman–Crippen MR) is 81.3 cm³/mol. The van der Waals surface area contributed by atoms with Crippen molar-refractivity contribution in [3.05, 3.63) is 23.0 Å². The van der Waals surface area contributed by atoms with E-state index >= 15 is 0 Å². The Morgan fingerprint density at radius 1 is 1.48 bits per heavy atom. The largest absolute Gasteiger partial charge is 0.505 e. The zero-order valence-corrected chi connectivity index (χ0v) is 13.8. The highest BCUT2D eigenvalue weighted by molar-refractivity contribution is 7.46. The smallest absolute Gasteiger partial charge is 0.469 e. The maximum atomic E-state index is 11.1. The predicted octanol–water partition coefficient (Wildman–Crippen LogP) is 1.23. The Morgan fingerprint density at radius 3 is 2.57 bits per heavy atom. The van der Waals surface area contributed by atoms with Gasteiger partial charge in [0, 0.05) is 23.5 Å². The Labute approximate surface area is 132 Å². The summed E-state index contributed by atoms with van der Waals surface area (Å²) < 4.78 is 15.2. The summed E-state index contributed by atoms with van der Waals surface area (Å²) in [6.45, 7) is 4.39. The monoisotopic (exact) mass is 346 g/mol. The molecule has 0 aliphatic heterocycles. The highest BCUT2D eigenvalue weighted by Gasteiger charge is 2.21. The minimum atomic E-state index is -4.70. The fourth-order valence-corrected chi connectivity index (χ4v) is 2.05. The number of nitrogens with zero attached hydrogens (tertiary/aromatic N) is 2. The summed E-state index contributed by atoms with van der Waals surface area (Å²) in [6, 6.07) is -1.02. The zero-order chi connectivity index (χ0) is 17.8. The van der Waals surface area contributed by atoms with Crippen LogP contribution in [0.25, 0.3) is 0 Å². The van der Waals surface area contributed by atoms with Crippen LogP contribution in [0.5, 0.6) is 5.75 Å². The van der Waals surface area contributed by atoms with Crippen molar-refractivity contribution in [3.8, 4) is 5.75 Å². The number of rotatable bonds is 7. The molecule has 0 aliphatic carbocycles. The summed E-state index contributed by atoms with van der Waals surface area (Å²) in [5, 5.41) is 19.2. The van der Waals surface area contributed by atoms with Crippen molar-refractivity contribution in [2.45, 2.75) is 33.4 Å². The van der Waals surface area contributed by atoms with Gasteiger partial charge in [-0.05, 0) is 12.8 Å². The Morgan fingerprint density at radius 2 is 2.09 bits per heavy atom. The number of pyridine rings is 1. The number of aryl methyl sites for hydroxylation is 1. The van der Waals surface area contributed by atoms with Crippen LogP contribution in [0.3, 0.4) is 0 Å². The van der Waals surface area contributed by atoms with Crippen LogP contribution in [0.4, 0.5) is 0 Å². The summed E-state index contributed by atoms with van der Waals surface area (Å²) in [5.74, 6) is -1.65. The summed E-state index contributed by atoms with van der Waals surface area (Å²) >= 11 is 0. The van der Waals surface area contributed by atoms with E-state index in [1.54, 1.807) is 13.8 Å². The van der Waals surface area contributed by atoms with Crippen molar-refractivity contribution in [2.24, 2.45) is 10.9 Å². The van der Waals surface area contributed by atoms with Crippen LogP contribution >= 0.6 is 7.82 Å². The molecule has 128 valence electrons. The average molecular weight is 346 g/mol. The molecule has 1 atom stereocenters. The standard InChI is InChI=1S/C13H19N2O7P/c1-7(2)11(13(17)18)15-5-10-9(6-22-23(19,20)21)4-14-8(3)12(10)16/h4-5,7,11,16H,6H2,1-3H3,(H,17,18)(H2,19,20,21)/t11-/m0/s1. The van der Waals surface area contributed by atoms with Crippen LogP contribution in [-0.2, 0) is 20.5 Å². The van der Waals surface area contributed by atoms with E-state index in [1.165, 1.54) is 13.1 Å². The van der Waals surface area contributed by atoms with Crippen molar-refractivity contribution in [1.29, 1.82) is 0 Å². The van der Waals surface area contributed by atoms with E-state index in [1.807, 2.05) is 0 Å². The summed E-state index contributed by atoms with van der Waals surface area (Å²) in [4.78, 5) is 36.5. The second-order valence-electron chi connectivity index (χ2n) is 5.20. The average Bonchev–Trinajstić information content (AvgIpc) is 2.40. The number of phosphoric acid groups is 1. The molecular formula is C13H19N2O7P. The van der Waals surface area contributed by atoms with Gasteiger partial charge in [-0.1, -0.05) is 13.8 Å². The Kier molecular flexibility index (Phi) is 6.40. The van der Waals surface area contributed by atoms with Crippen LogP contribution in [-0.4, -0.2) is 43.2 Å². The molecule has 1 aromatic heterocycles. The third-order valence-corrected chi connectivity index (χ3v) is 3.46. The molecule has 0 spiro atoms. The number of aromatic nitrogens is 1. The number of aliphatic carboxylic acids is 1. The quantitative estimate of drug-likeness (QED) is 0.425. The van der Waals surface area contributed by atoms with E-state index in [-0.39, 0.29) is 28.5 Å². The molecule has 0 aliphatic rings. The third kappa shape index (κ3) is 5.72. The molecule has 0 unspecified atom stereocenters. The van der Waals surface area contributed by atoms with Crippen molar-refractivity contribution in [3.63, 3.8) is 0 Å². The van der Waals surface area contributed by atoms with E-state index < -0.39 is 26.4 Å². The van der Waals surface area contributed by atoms with Gasteiger partial charge in [-0.15, -0.1) is 0 Å².